The summed E-state index contributed by atoms with van der Waals surface area (Å²) in [4.78, 5) is 3.91. The van der Waals surface area contributed by atoms with Crippen molar-refractivity contribution in [2.75, 3.05) is 13.4 Å². The standard InChI is InChI=1S/C16H26F3NO5SSi/c1-11-12(2)14(9-24-10-23-7-8-27(4,5)6)20-15(13(11)3)25-26(21,22)16(17,18)19/h7-10H2,1-6H3. The molecule has 0 bridgehead atoms. The largest absolute Gasteiger partial charge is 0.534 e. The first kappa shape index (κ1) is 23.9. The van der Waals surface area contributed by atoms with Crippen LogP contribution in [0.5, 0.6) is 5.88 Å². The van der Waals surface area contributed by atoms with Crippen LogP contribution in [0.15, 0.2) is 0 Å². The second-order valence-corrected chi connectivity index (χ2v) is 14.6. The van der Waals surface area contributed by atoms with E-state index in [1.54, 1.807) is 13.8 Å². The lowest BCUT2D eigenvalue weighted by Crippen LogP contribution is -2.29. The van der Waals surface area contributed by atoms with E-state index in [0.717, 1.165) is 6.04 Å². The van der Waals surface area contributed by atoms with E-state index in [1.165, 1.54) is 6.92 Å². The molecule has 0 atom stereocenters. The number of pyridine rings is 1. The summed E-state index contributed by atoms with van der Waals surface area (Å²) in [5.74, 6) is -0.603. The van der Waals surface area contributed by atoms with Gasteiger partial charge in [-0.25, -0.2) is 4.98 Å². The van der Waals surface area contributed by atoms with Gasteiger partial charge in [-0.2, -0.15) is 21.6 Å². The van der Waals surface area contributed by atoms with Gasteiger partial charge in [0, 0.05) is 20.2 Å². The van der Waals surface area contributed by atoms with Crippen LogP contribution in [0.4, 0.5) is 13.2 Å². The lowest BCUT2D eigenvalue weighted by molar-refractivity contribution is -0.0584. The average Bonchev–Trinajstić information content (AvgIpc) is 2.50. The first-order chi connectivity index (χ1) is 12.2. The second kappa shape index (κ2) is 8.89. The number of halogens is 3. The third-order valence-corrected chi connectivity index (χ3v) is 6.64. The van der Waals surface area contributed by atoms with E-state index in [0.29, 0.717) is 23.4 Å². The van der Waals surface area contributed by atoms with Gasteiger partial charge in [0.05, 0.1) is 12.3 Å². The number of alkyl halides is 3. The van der Waals surface area contributed by atoms with Gasteiger partial charge in [-0.1, -0.05) is 19.6 Å². The van der Waals surface area contributed by atoms with Gasteiger partial charge < -0.3 is 13.7 Å². The molecule has 156 valence electrons. The molecule has 0 aliphatic heterocycles. The number of hydrogen-bond acceptors (Lipinski definition) is 6. The minimum Gasteiger partial charge on any atom is -0.356 e. The molecule has 11 heteroatoms. The van der Waals surface area contributed by atoms with Crippen molar-refractivity contribution in [1.29, 1.82) is 0 Å². The number of ether oxygens (including phenoxy) is 2. The maximum Gasteiger partial charge on any atom is 0.534 e. The molecule has 1 aromatic heterocycles. The third-order valence-electron chi connectivity index (χ3n) is 3.99. The maximum absolute atomic E-state index is 12.6. The Morgan fingerprint density at radius 3 is 2.11 bits per heavy atom. The molecule has 0 amide bonds. The van der Waals surface area contributed by atoms with Crippen LogP contribution < -0.4 is 4.18 Å². The van der Waals surface area contributed by atoms with Crippen LogP contribution in [-0.2, 0) is 26.2 Å². The summed E-state index contributed by atoms with van der Waals surface area (Å²) in [6.45, 7) is 12.0. The zero-order valence-corrected chi connectivity index (χ0v) is 18.2. The van der Waals surface area contributed by atoms with E-state index in [1.807, 2.05) is 0 Å². The second-order valence-electron chi connectivity index (χ2n) is 7.41. The lowest BCUT2D eigenvalue weighted by Gasteiger charge is -2.17. The van der Waals surface area contributed by atoms with Gasteiger partial charge in [-0.05, 0) is 37.9 Å². The summed E-state index contributed by atoms with van der Waals surface area (Å²) >= 11 is 0. The fourth-order valence-electron chi connectivity index (χ4n) is 1.96. The van der Waals surface area contributed by atoms with E-state index >= 15 is 0 Å². The van der Waals surface area contributed by atoms with Gasteiger partial charge >= 0.3 is 15.6 Å². The van der Waals surface area contributed by atoms with Gasteiger partial charge in [-0.15, -0.1) is 0 Å². The molecule has 0 unspecified atom stereocenters. The molecule has 0 saturated heterocycles. The van der Waals surface area contributed by atoms with Crippen molar-refractivity contribution < 1.29 is 35.2 Å². The third kappa shape index (κ3) is 7.05. The minimum absolute atomic E-state index is 0.00949. The van der Waals surface area contributed by atoms with Gasteiger partial charge in [0.1, 0.15) is 6.79 Å². The van der Waals surface area contributed by atoms with Crippen LogP contribution in [0.3, 0.4) is 0 Å². The van der Waals surface area contributed by atoms with Crippen molar-refractivity contribution in [3.63, 3.8) is 0 Å². The Hall–Kier alpha value is -1.17. The summed E-state index contributed by atoms with van der Waals surface area (Å²) in [7, 11) is -7.00. The lowest BCUT2D eigenvalue weighted by atomic mass is 10.0. The first-order valence-electron chi connectivity index (χ1n) is 8.28. The van der Waals surface area contributed by atoms with Crippen molar-refractivity contribution in [1.82, 2.24) is 4.98 Å². The molecule has 1 rings (SSSR count). The van der Waals surface area contributed by atoms with Crippen LogP contribution in [0, 0.1) is 20.8 Å². The van der Waals surface area contributed by atoms with Crippen molar-refractivity contribution in [3.8, 4) is 5.88 Å². The zero-order chi connectivity index (χ0) is 21.0. The zero-order valence-electron chi connectivity index (χ0n) is 16.4. The normalized spacial score (nSPS) is 13.1. The smallest absolute Gasteiger partial charge is 0.356 e. The van der Waals surface area contributed by atoms with Crippen molar-refractivity contribution in [2.45, 2.75) is 58.6 Å². The van der Waals surface area contributed by atoms with Crippen molar-refractivity contribution in [2.24, 2.45) is 0 Å². The predicted molar refractivity (Wildman–Crippen MR) is 97.8 cm³/mol. The Morgan fingerprint density at radius 2 is 1.59 bits per heavy atom. The highest BCUT2D eigenvalue weighted by molar-refractivity contribution is 7.87. The monoisotopic (exact) mass is 429 g/mol. The van der Waals surface area contributed by atoms with Gasteiger partial charge in [0.15, 0.2) is 0 Å². The molecule has 0 aliphatic rings. The molecule has 0 fully saturated rings. The molecule has 0 spiro atoms. The molecular formula is C16H26F3NO5SSi. The van der Waals surface area contributed by atoms with Crippen molar-refractivity contribution in [3.05, 3.63) is 22.4 Å². The number of hydrogen-bond donors (Lipinski definition) is 0. The maximum atomic E-state index is 12.6. The molecular weight excluding hydrogens is 403 g/mol. The number of nitrogens with zero attached hydrogens (tertiary/aromatic N) is 1. The first-order valence-corrected chi connectivity index (χ1v) is 13.4. The van der Waals surface area contributed by atoms with Crippen LogP contribution in [-0.4, -0.2) is 40.4 Å². The van der Waals surface area contributed by atoms with E-state index in [9.17, 15) is 21.6 Å². The molecule has 0 N–H and O–H groups in total. The molecule has 1 aromatic rings. The molecule has 0 aliphatic carbocycles. The van der Waals surface area contributed by atoms with Crippen molar-refractivity contribution >= 4 is 18.2 Å². The van der Waals surface area contributed by atoms with Crippen LogP contribution >= 0.6 is 0 Å². The Kier molecular flexibility index (Phi) is 7.85. The number of aromatic nitrogens is 1. The Labute approximate surface area is 159 Å². The topological polar surface area (TPSA) is 74.7 Å². The number of rotatable bonds is 9. The van der Waals surface area contributed by atoms with E-state index in [4.69, 9.17) is 9.47 Å². The van der Waals surface area contributed by atoms with Gasteiger partial charge in [-0.3, -0.25) is 0 Å². The molecule has 1 heterocycles. The highest BCUT2D eigenvalue weighted by Gasteiger charge is 2.49. The Morgan fingerprint density at radius 1 is 1.00 bits per heavy atom. The SMILES string of the molecule is Cc1c(COCOCC[Si](C)(C)C)nc(OS(=O)(=O)C(F)(F)F)c(C)c1C. The molecule has 0 radical (unpaired) electrons. The molecule has 0 saturated carbocycles. The van der Waals surface area contributed by atoms with E-state index in [2.05, 4.69) is 28.8 Å². The minimum atomic E-state index is -5.79. The van der Waals surface area contributed by atoms with Gasteiger partial charge in [0.25, 0.3) is 0 Å². The van der Waals surface area contributed by atoms with Gasteiger partial charge in [0.2, 0.25) is 5.88 Å². The van der Waals surface area contributed by atoms with E-state index < -0.39 is 29.6 Å². The summed E-state index contributed by atoms with van der Waals surface area (Å²) in [6, 6.07) is 0.977. The van der Waals surface area contributed by atoms with Crippen LogP contribution in [0.25, 0.3) is 0 Å². The van der Waals surface area contributed by atoms with E-state index in [-0.39, 0.29) is 19.0 Å². The fraction of sp³-hybridized carbons (Fsp3) is 0.688. The van der Waals surface area contributed by atoms with Crippen LogP contribution in [0.2, 0.25) is 25.7 Å². The molecule has 6 nitrogen and oxygen atoms in total. The Balaban J connectivity index is 2.83. The fourth-order valence-corrected chi connectivity index (χ4v) is 3.18. The molecule has 27 heavy (non-hydrogen) atoms. The highest BCUT2D eigenvalue weighted by Crippen LogP contribution is 2.30. The highest BCUT2D eigenvalue weighted by atomic mass is 32.2. The van der Waals surface area contributed by atoms with Crippen LogP contribution in [0.1, 0.15) is 22.4 Å². The Bertz CT molecular complexity index is 761. The molecule has 0 aromatic carbocycles. The predicted octanol–water partition coefficient (Wildman–Crippen LogP) is 4.06. The summed E-state index contributed by atoms with van der Waals surface area (Å²) < 4.78 is 75.2. The summed E-state index contributed by atoms with van der Waals surface area (Å²) in [5, 5.41) is 0. The summed E-state index contributed by atoms with van der Waals surface area (Å²) in [6.07, 6.45) is 0. The summed E-state index contributed by atoms with van der Waals surface area (Å²) in [5.41, 5.74) is -3.75. The quantitative estimate of drug-likeness (QED) is 0.194. The average molecular weight is 430 g/mol.